The molecule has 0 aliphatic rings. The molecular weight excluding hydrogens is 330 g/mol. The molecule has 26 heavy (non-hydrogen) atoms. The van der Waals surface area contributed by atoms with Gasteiger partial charge in [-0.1, -0.05) is 65.2 Å². The number of aliphatic carboxylic acids is 1. The van der Waals surface area contributed by atoms with Crippen LogP contribution >= 0.6 is 0 Å². The van der Waals surface area contributed by atoms with Crippen LogP contribution in [0.15, 0.2) is 0 Å². The molecule has 0 fully saturated rings. The topological polar surface area (TPSA) is 63.6 Å². The first-order valence-corrected chi connectivity index (χ1v) is 10.4. The van der Waals surface area contributed by atoms with E-state index in [0.717, 1.165) is 25.2 Å². The molecule has 1 N–H and O–H groups in total. The number of carbonyl (C=O) groups is 2. The van der Waals surface area contributed by atoms with E-state index in [-0.39, 0.29) is 12.4 Å². The number of likely N-dealkylation sites (N-methyl/N-ethyl adjacent to an activating group) is 1. The largest absolute Gasteiger partial charge is 0.481 e. The Labute approximate surface area is 160 Å². The maximum atomic E-state index is 12.0. The molecule has 0 saturated carbocycles. The summed E-state index contributed by atoms with van der Waals surface area (Å²) in [4.78, 5) is 22.9. The van der Waals surface area contributed by atoms with E-state index >= 15 is 0 Å². The van der Waals surface area contributed by atoms with Crippen molar-refractivity contribution in [3.63, 3.8) is 0 Å². The summed E-state index contributed by atoms with van der Waals surface area (Å²) in [5.41, 5.74) is 0. The number of quaternary nitrogens is 1. The Balaban J connectivity index is 3.84. The fourth-order valence-electron chi connectivity index (χ4n) is 3.18. The van der Waals surface area contributed by atoms with E-state index in [2.05, 4.69) is 13.8 Å². The van der Waals surface area contributed by atoms with Crippen LogP contribution in [0.3, 0.4) is 0 Å². The molecule has 2 unspecified atom stereocenters. The zero-order valence-electron chi connectivity index (χ0n) is 17.8. The van der Waals surface area contributed by atoms with Crippen LogP contribution in [0.4, 0.5) is 0 Å². The predicted octanol–water partition coefficient (Wildman–Crippen LogP) is 4.64. The Hall–Kier alpha value is -1.10. The molecule has 0 aromatic heterocycles. The highest BCUT2D eigenvalue weighted by Crippen LogP contribution is 2.17. The van der Waals surface area contributed by atoms with Crippen molar-refractivity contribution in [1.82, 2.24) is 0 Å². The van der Waals surface area contributed by atoms with Gasteiger partial charge >= 0.3 is 11.9 Å². The number of ether oxygens (including phenoxy) is 1. The molecule has 0 radical (unpaired) electrons. The fourth-order valence-corrected chi connectivity index (χ4v) is 3.18. The number of unbranched alkanes of at least 4 members (excludes halogenated alkanes) is 5. The van der Waals surface area contributed by atoms with E-state index < -0.39 is 12.1 Å². The summed E-state index contributed by atoms with van der Waals surface area (Å²) in [6.07, 6.45) is 10.5. The summed E-state index contributed by atoms with van der Waals surface area (Å²) in [7, 11) is 5.89. The van der Waals surface area contributed by atoms with Crippen molar-refractivity contribution < 1.29 is 23.9 Å². The molecule has 0 aromatic carbocycles. The van der Waals surface area contributed by atoms with Gasteiger partial charge in [-0.05, 0) is 12.3 Å². The third-order valence-electron chi connectivity index (χ3n) is 4.58. The minimum Gasteiger partial charge on any atom is -0.481 e. The van der Waals surface area contributed by atoms with E-state index in [1.165, 1.54) is 38.5 Å². The lowest BCUT2D eigenvalue weighted by Crippen LogP contribution is -2.43. The minimum absolute atomic E-state index is 0.128. The van der Waals surface area contributed by atoms with E-state index in [9.17, 15) is 9.59 Å². The van der Waals surface area contributed by atoms with Crippen LogP contribution in [0.2, 0.25) is 0 Å². The number of carboxylic acids is 1. The maximum Gasteiger partial charge on any atom is 0.307 e. The van der Waals surface area contributed by atoms with Crippen LogP contribution in [0.1, 0.15) is 84.5 Å². The normalized spacial score (nSPS) is 14.0. The number of hydrogen-bond donors (Lipinski definition) is 1. The van der Waals surface area contributed by atoms with E-state index in [4.69, 9.17) is 9.84 Å². The van der Waals surface area contributed by atoms with Crippen molar-refractivity contribution in [1.29, 1.82) is 0 Å². The molecule has 0 amide bonds. The Morgan fingerprint density at radius 1 is 0.962 bits per heavy atom. The van der Waals surface area contributed by atoms with E-state index in [1.807, 2.05) is 21.1 Å². The van der Waals surface area contributed by atoms with Gasteiger partial charge in [0.05, 0.1) is 27.6 Å². The van der Waals surface area contributed by atoms with Gasteiger partial charge in [0.2, 0.25) is 0 Å². The lowest BCUT2D eigenvalue weighted by molar-refractivity contribution is -0.873. The van der Waals surface area contributed by atoms with Gasteiger partial charge < -0.3 is 14.3 Å². The highest BCUT2D eigenvalue weighted by molar-refractivity contribution is 5.71. The molecule has 0 aromatic rings. The second-order valence-electron chi connectivity index (χ2n) is 8.74. The molecule has 5 heteroatoms. The number of carbonyl (C=O) groups excluding carboxylic acids is 1. The van der Waals surface area contributed by atoms with Crippen molar-refractivity contribution in [3.05, 3.63) is 0 Å². The lowest BCUT2D eigenvalue weighted by atomic mass is 9.97. The second-order valence-corrected chi connectivity index (χ2v) is 8.74. The van der Waals surface area contributed by atoms with Gasteiger partial charge in [0.15, 0.2) is 6.10 Å². The zero-order chi connectivity index (χ0) is 20.0. The molecule has 154 valence electrons. The number of esters is 1. The molecule has 5 nitrogen and oxygen atoms in total. The van der Waals surface area contributed by atoms with Crippen LogP contribution in [0, 0.1) is 5.92 Å². The monoisotopic (exact) mass is 372 g/mol. The van der Waals surface area contributed by atoms with Crippen molar-refractivity contribution in [3.8, 4) is 0 Å². The summed E-state index contributed by atoms with van der Waals surface area (Å²) >= 11 is 0. The lowest BCUT2D eigenvalue weighted by Gasteiger charge is -2.28. The molecule has 0 rings (SSSR count). The van der Waals surface area contributed by atoms with Crippen molar-refractivity contribution in [2.45, 2.75) is 90.6 Å². The third-order valence-corrected chi connectivity index (χ3v) is 4.58. The second kappa shape index (κ2) is 14.0. The highest BCUT2D eigenvalue weighted by atomic mass is 16.5. The molecule has 2 atom stereocenters. The quantitative estimate of drug-likeness (QED) is 0.244. The van der Waals surface area contributed by atoms with Gasteiger partial charge in [0, 0.05) is 6.42 Å². The Morgan fingerprint density at radius 3 is 2.12 bits per heavy atom. The summed E-state index contributed by atoms with van der Waals surface area (Å²) < 4.78 is 5.97. The molecule has 0 heterocycles. The summed E-state index contributed by atoms with van der Waals surface area (Å²) in [5, 5.41) is 8.98. The molecule has 0 saturated heterocycles. The summed E-state index contributed by atoms with van der Waals surface area (Å²) in [5.74, 6) is -0.361. The van der Waals surface area contributed by atoms with Gasteiger partial charge in [-0.3, -0.25) is 9.59 Å². The van der Waals surface area contributed by atoms with Crippen LogP contribution in [-0.2, 0) is 14.3 Å². The average molecular weight is 373 g/mol. The van der Waals surface area contributed by atoms with Crippen molar-refractivity contribution in [2.75, 3.05) is 27.7 Å². The summed E-state index contributed by atoms with van der Waals surface area (Å²) in [6.45, 7) is 5.09. The van der Waals surface area contributed by atoms with Gasteiger partial charge in [-0.2, -0.15) is 0 Å². The highest BCUT2D eigenvalue weighted by Gasteiger charge is 2.24. The first-order chi connectivity index (χ1) is 12.1. The Morgan fingerprint density at radius 2 is 1.54 bits per heavy atom. The van der Waals surface area contributed by atoms with Crippen LogP contribution < -0.4 is 0 Å². The molecule has 0 bridgehead atoms. The van der Waals surface area contributed by atoms with Crippen molar-refractivity contribution >= 4 is 11.9 Å². The molecule has 0 aliphatic carbocycles. The number of hydrogen-bond acceptors (Lipinski definition) is 3. The van der Waals surface area contributed by atoms with E-state index in [1.54, 1.807) is 0 Å². The van der Waals surface area contributed by atoms with Gasteiger partial charge in [0.25, 0.3) is 0 Å². The Kier molecular flexibility index (Phi) is 13.4. The van der Waals surface area contributed by atoms with E-state index in [0.29, 0.717) is 17.4 Å². The molecule has 0 spiro atoms. The molecular formula is C21H42NO4+. The zero-order valence-corrected chi connectivity index (χ0v) is 17.8. The number of rotatable bonds is 16. The van der Waals surface area contributed by atoms with Crippen LogP contribution in [0.25, 0.3) is 0 Å². The number of carboxylic acid groups (broad SMARTS) is 1. The first kappa shape index (κ1) is 24.9. The smallest absolute Gasteiger partial charge is 0.307 e. The third kappa shape index (κ3) is 16.4. The fraction of sp³-hybridized carbons (Fsp3) is 0.905. The van der Waals surface area contributed by atoms with Crippen LogP contribution in [-0.4, -0.2) is 55.3 Å². The molecule has 0 aliphatic heterocycles. The van der Waals surface area contributed by atoms with Gasteiger partial charge in [-0.25, -0.2) is 0 Å². The van der Waals surface area contributed by atoms with Gasteiger partial charge in [-0.15, -0.1) is 0 Å². The standard InChI is InChI=1S/C21H41NO4/c1-6-7-13-18(2)14-11-9-8-10-12-15-21(25)26-19(16-20(23)24)17-22(3,4)5/h18-19H,6-17H2,1-5H3/p+1. The summed E-state index contributed by atoms with van der Waals surface area (Å²) in [6, 6.07) is 0. The number of nitrogens with zero attached hydrogens (tertiary/aromatic N) is 1. The minimum atomic E-state index is -0.926. The SMILES string of the molecule is CCCCC(C)CCCCCCCC(=O)OC(CC(=O)O)C[N+](C)(C)C. The maximum absolute atomic E-state index is 12.0. The average Bonchev–Trinajstić information content (AvgIpc) is 2.49. The predicted molar refractivity (Wildman–Crippen MR) is 106 cm³/mol. The van der Waals surface area contributed by atoms with Gasteiger partial charge in [0.1, 0.15) is 6.54 Å². The van der Waals surface area contributed by atoms with Crippen molar-refractivity contribution in [2.24, 2.45) is 5.92 Å². The first-order valence-electron chi connectivity index (χ1n) is 10.4. The Bertz CT molecular complexity index is 390. The van der Waals surface area contributed by atoms with Crippen LogP contribution in [0.5, 0.6) is 0 Å².